The summed E-state index contributed by atoms with van der Waals surface area (Å²) < 4.78 is 6.81. The number of ether oxygens (including phenoxy) is 1. The lowest BCUT2D eigenvalue weighted by atomic mass is 10.2. The molecule has 0 aromatic carbocycles. The first kappa shape index (κ1) is 12.8. The number of morpholine rings is 1. The van der Waals surface area contributed by atoms with Crippen molar-refractivity contribution >= 4 is 17.4 Å². The van der Waals surface area contributed by atoms with Crippen molar-refractivity contribution < 1.29 is 9.53 Å². The minimum atomic E-state index is 0.106. The monoisotopic (exact) mass is 276 g/mol. The third-order valence-electron chi connectivity index (χ3n) is 3.27. The summed E-state index contributed by atoms with van der Waals surface area (Å²) in [6.45, 7) is 2.53. The summed E-state index contributed by atoms with van der Waals surface area (Å²) >= 11 is 0. The fourth-order valence-corrected chi connectivity index (χ4v) is 2.19. The van der Waals surface area contributed by atoms with Crippen LogP contribution in [-0.4, -0.2) is 56.9 Å². The molecule has 0 radical (unpaired) electrons. The van der Waals surface area contributed by atoms with Gasteiger partial charge in [-0.2, -0.15) is 4.52 Å². The van der Waals surface area contributed by atoms with Crippen LogP contribution in [0.1, 0.15) is 12.2 Å². The first-order valence-electron chi connectivity index (χ1n) is 6.56. The third-order valence-corrected chi connectivity index (χ3v) is 3.27. The van der Waals surface area contributed by atoms with E-state index >= 15 is 0 Å². The average molecular weight is 276 g/mol. The zero-order valence-electron chi connectivity index (χ0n) is 11.0. The van der Waals surface area contributed by atoms with Crippen LogP contribution in [-0.2, 0) is 16.0 Å². The quantitative estimate of drug-likeness (QED) is 0.811. The number of nitrogens with two attached hydrogens (primary N) is 1. The van der Waals surface area contributed by atoms with E-state index < -0.39 is 0 Å². The van der Waals surface area contributed by atoms with E-state index in [-0.39, 0.29) is 5.91 Å². The molecule has 0 aliphatic carbocycles. The molecule has 1 fully saturated rings. The molecule has 0 saturated carbocycles. The van der Waals surface area contributed by atoms with Crippen molar-refractivity contribution in [2.24, 2.45) is 0 Å². The molecule has 1 amide bonds. The molecule has 106 valence electrons. The van der Waals surface area contributed by atoms with E-state index in [1.807, 2.05) is 4.90 Å². The lowest BCUT2D eigenvalue weighted by Gasteiger charge is -2.26. The molecular formula is C12H16N6O2. The third kappa shape index (κ3) is 2.55. The highest BCUT2D eigenvalue weighted by molar-refractivity contribution is 5.76. The van der Waals surface area contributed by atoms with Gasteiger partial charge in [0.25, 0.3) is 0 Å². The van der Waals surface area contributed by atoms with Crippen molar-refractivity contribution in [3.8, 4) is 0 Å². The first-order valence-corrected chi connectivity index (χ1v) is 6.56. The first-order chi connectivity index (χ1) is 9.74. The zero-order valence-corrected chi connectivity index (χ0v) is 11.0. The molecule has 8 nitrogen and oxygen atoms in total. The SMILES string of the molecule is Nc1ccc2nnc(CCC(=O)N3CCOCC3)n2n1. The van der Waals surface area contributed by atoms with Crippen molar-refractivity contribution in [2.45, 2.75) is 12.8 Å². The van der Waals surface area contributed by atoms with Crippen molar-refractivity contribution in [3.05, 3.63) is 18.0 Å². The van der Waals surface area contributed by atoms with Crippen molar-refractivity contribution in [1.29, 1.82) is 0 Å². The van der Waals surface area contributed by atoms with E-state index in [0.29, 0.717) is 56.4 Å². The zero-order chi connectivity index (χ0) is 13.9. The van der Waals surface area contributed by atoms with Crippen LogP contribution in [0, 0.1) is 0 Å². The molecular weight excluding hydrogens is 260 g/mol. The summed E-state index contributed by atoms with van der Waals surface area (Å²) in [4.78, 5) is 13.9. The Morgan fingerprint density at radius 2 is 2.10 bits per heavy atom. The molecule has 2 aromatic rings. The fourth-order valence-electron chi connectivity index (χ4n) is 2.19. The molecule has 2 aromatic heterocycles. The molecule has 20 heavy (non-hydrogen) atoms. The second-order valence-corrected chi connectivity index (χ2v) is 4.64. The highest BCUT2D eigenvalue weighted by Gasteiger charge is 2.17. The number of carbonyl (C=O) groups is 1. The van der Waals surface area contributed by atoms with Gasteiger partial charge in [-0.05, 0) is 12.1 Å². The van der Waals surface area contributed by atoms with Gasteiger partial charge in [-0.25, -0.2) is 0 Å². The Balaban J connectivity index is 1.67. The number of hydrogen-bond donors (Lipinski definition) is 1. The number of fused-ring (bicyclic) bond motifs is 1. The predicted molar refractivity (Wildman–Crippen MR) is 70.9 cm³/mol. The smallest absolute Gasteiger partial charge is 0.223 e. The van der Waals surface area contributed by atoms with Crippen LogP contribution in [0.3, 0.4) is 0 Å². The molecule has 0 unspecified atom stereocenters. The normalized spacial score (nSPS) is 15.7. The number of nitrogens with zero attached hydrogens (tertiary/aromatic N) is 5. The number of nitrogen functional groups attached to an aromatic ring is 1. The number of rotatable bonds is 3. The van der Waals surface area contributed by atoms with E-state index in [2.05, 4.69) is 15.3 Å². The highest BCUT2D eigenvalue weighted by atomic mass is 16.5. The topological polar surface area (TPSA) is 98.6 Å². The number of anilines is 1. The summed E-state index contributed by atoms with van der Waals surface area (Å²) in [7, 11) is 0. The maximum Gasteiger partial charge on any atom is 0.223 e. The second kappa shape index (κ2) is 5.41. The Bertz CT molecular complexity index is 619. The molecule has 1 saturated heterocycles. The highest BCUT2D eigenvalue weighted by Crippen LogP contribution is 2.08. The Kier molecular flexibility index (Phi) is 3.46. The summed E-state index contributed by atoms with van der Waals surface area (Å²) in [5.74, 6) is 1.15. The van der Waals surface area contributed by atoms with Crippen LogP contribution in [0.4, 0.5) is 5.82 Å². The van der Waals surface area contributed by atoms with E-state index in [4.69, 9.17) is 10.5 Å². The molecule has 1 aliphatic heterocycles. The Morgan fingerprint density at radius 3 is 2.90 bits per heavy atom. The van der Waals surface area contributed by atoms with E-state index in [9.17, 15) is 4.79 Å². The van der Waals surface area contributed by atoms with Crippen LogP contribution < -0.4 is 5.73 Å². The lowest BCUT2D eigenvalue weighted by molar-refractivity contribution is -0.135. The van der Waals surface area contributed by atoms with E-state index in [1.54, 1.807) is 16.6 Å². The summed E-state index contributed by atoms with van der Waals surface area (Å²) in [6.07, 6.45) is 0.880. The van der Waals surface area contributed by atoms with Gasteiger partial charge in [0, 0.05) is 25.9 Å². The van der Waals surface area contributed by atoms with Gasteiger partial charge < -0.3 is 15.4 Å². The van der Waals surface area contributed by atoms with Crippen molar-refractivity contribution in [2.75, 3.05) is 32.0 Å². The van der Waals surface area contributed by atoms with Gasteiger partial charge in [0.15, 0.2) is 11.5 Å². The summed E-state index contributed by atoms with van der Waals surface area (Å²) in [5.41, 5.74) is 6.28. The Labute approximate surface area is 115 Å². The van der Waals surface area contributed by atoms with Crippen molar-refractivity contribution in [1.82, 2.24) is 24.7 Å². The lowest BCUT2D eigenvalue weighted by Crippen LogP contribution is -2.40. The molecule has 3 rings (SSSR count). The van der Waals surface area contributed by atoms with Gasteiger partial charge in [0.2, 0.25) is 5.91 Å². The maximum atomic E-state index is 12.1. The molecule has 8 heteroatoms. The van der Waals surface area contributed by atoms with Crippen LogP contribution in [0.5, 0.6) is 0 Å². The van der Waals surface area contributed by atoms with Gasteiger partial charge >= 0.3 is 0 Å². The van der Waals surface area contributed by atoms with Crippen molar-refractivity contribution in [3.63, 3.8) is 0 Å². The summed E-state index contributed by atoms with van der Waals surface area (Å²) in [6, 6.07) is 3.43. The van der Waals surface area contributed by atoms with Gasteiger partial charge in [-0.3, -0.25) is 4.79 Å². The number of aromatic nitrogens is 4. The second-order valence-electron chi connectivity index (χ2n) is 4.64. The van der Waals surface area contributed by atoms with E-state index in [0.717, 1.165) is 0 Å². The van der Waals surface area contributed by atoms with Gasteiger partial charge in [0.1, 0.15) is 5.82 Å². The van der Waals surface area contributed by atoms with Gasteiger partial charge in [-0.1, -0.05) is 0 Å². The fraction of sp³-hybridized carbons (Fsp3) is 0.500. The van der Waals surface area contributed by atoms with Crippen LogP contribution >= 0.6 is 0 Å². The molecule has 1 aliphatic rings. The molecule has 2 N–H and O–H groups in total. The Morgan fingerprint density at radius 1 is 1.30 bits per heavy atom. The average Bonchev–Trinajstić information content (AvgIpc) is 2.88. The maximum absolute atomic E-state index is 12.1. The molecule has 0 spiro atoms. The number of amides is 1. The minimum Gasteiger partial charge on any atom is -0.382 e. The van der Waals surface area contributed by atoms with Crippen LogP contribution in [0.15, 0.2) is 12.1 Å². The van der Waals surface area contributed by atoms with E-state index in [1.165, 1.54) is 0 Å². The molecule has 3 heterocycles. The number of hydrogen-bond acceptors (Lipinski definition) is 6. The van der Waals surface area contributed by atoms with Gasteiger partial charge in [0.05, 0.1) is 13.2 Å². The minimum absolute atomic E-state index is 0.106. The largest absolute Gasteiger partial charge is 0.382 e. The van der Waals surface area contributed by atoms with Crippen LogP contribution in [0.25, 0.3) is 5.65 Å². The van der Waals surface area contributed by atoms with Crippen LogP contribution in [0.2, 0.25) is 0 Å². The molecule has 0 bridgehead atoms. The Hall–Kier alpha value is -2.22. The van der Waals surface area contributed by atoms with Gasteiger partial charge in [-0.15, -0.1) is 15.3 Å². The molecule has 0 atom stereocenters. The number of carbonyl (C=O) groups excluding carboxylic acids is 1. The predicted octanol–water partition coefficient (Wildman–Crippen LogP) is -0.502. The standard InChI is InChI=1S/C12H16N6O2/c13-9-1-2-10-14-15-11(18(10)16-9)3-4-12(19)17-5-7-20-8-6-17/h1-2H,3-8H2,(H2,13,16). The summed E-state index contributed by atoms with van der Waals surface area (Å²) in [5, 5.41) is 12.2. The number of aryl methyl sites for hydroxylation is 1.